The molecule has 2 saturated heterocycles. The molecule has 24 heavy (non-hydrogen) atoms. The van der Waals surface area contributed by atoms with Crippen LogP contribution in [0.1, 0.15) is 41.6 Å². The molecule has 2 heterocycles. The van der Waals surface area contributed by atoms with Crippen LogP contribution in [-0.4, -0.2) is 36.6 Å². The average molecular weight is 332 g/mol. The minimum absolute atomic E-state index is 0.0502. The van der Waals surface area contributed by atoms with Gasteiger partial charge in [-0.05, 0) is 43.7 Å². The van der Waals surface area contributed by atoms with Crippen LogP contribution < -0.4 is 0 Å². The molecule has 4 nitrogen and oxygen atoms in total. The summed E-state index contributed by atoms with van der Waals surface area (Å²) in [5.41, 5.74) is -0.611. The van der Waals surface area contributed by atoms with E-state index in [4.69, 9.17) is 10.00 Å². The highest BCUT2D eigenvalue weighted by atomic mass is 19.1. The number of likely N-dealkylation sites (tertiary alicyclic amines) is 1. The zero-order valence-corrected chi connectivity index (χ0v) is 13.2. The minimum atomic E-state index is -0.959. The van der Waals surface area contributed by atoms with Crippen molar-refractivity contribution >= 4 is 5.91 Å². The summed E-state index contributed by atoms with van der Waals surface area (Å²) in [4.78, 5) is 14.4. The highest BCUT2D eigenvalue weighted by molar-refractivity contribution is 5.96. The number of rotatable bonds is 2. The van der Waals surface area contributed by atoms with Gasteiger partial charge in [-0.2, -0.15) is 5.26 Å². The molecule has 0 radical (unpaired) electrons. The molecule has 3 aliphatic rings. The van der Waals surface area contributed by atoms with E-state index in [9.17, 15) is 13.6 Å². The van der Waals surface area contributed by atoms with E-state index in [0.29, 0.717) is 25.7 Å². The third-order valence-electron chi connectivity index (χ3n) is 5.65. The predicted octanol–water partition coefficient (Wildman–Crippen LogP) is 2.87. The van der Waals surface area contributed by atoms with E-state index >= 15 is 0 Å². The molecule has 1 amide bonds. The van der Waals surface area contributed by atoms with Crippen LogP contribution >= 0.6 is 0 Å². The summed E-state index contributed by atoms with van der Waals surface area (Å²) >= 11 is 0. The lowest BCUT2D eigenvalue weighted by Crippen LogP contribution is -2.68. The van der Waals surface area contributed by atoms with Crippen molar-refractivity contribution in [3.05, 3.63) is 34.9 Å². The first kappa shape index (κ1) is 15.5. The van der Waals surface area contributed by atoms with Gasteiger partial charge in [0.25, 0.3) is 5.91 Å². The molecule has 1 atom stereocenters. The van der Waals surface area contributed by atoms with Crippen molar-refractivity contribution in [2.75, 3.05) is 19.8 Å². The predicted molar refractivity (Wildman–Crippen MR) is 81.1 cm³/mol. The topological polar surface area (TPSA) is 53.3 Å². The largest absolute Gasteiger partial charge is 0.381 e. The molecule has 0 aromatic heterocycles. The van der Waals surface area contributed by atoms with Crippen LogP contribution in [0.2, 0.25) is 0 Å². The Morgan fingerprint density at radius 3 is 2.42 bits per heavy atom. The van der Waals surface area contributed by atoms with Crippen LogP contribution in [0.3, 0.4) is 0 Å². The molecule has 1 aromatic rings. The van der Waals surface area contributed by atoms with E-state index in [2.05, 4.69) is 0 Å². The number of halogens is 2. The first-order valence-corrected chi connectivity index (χ1v) is 8.33. The van der Waals surface area contributed by atoms with Gasteiger partial charge in [0.15, 0.2) is 0 Å². The first-order chi connectivity index (χ1) is 11.6. The van der Waals surface area contributed by atoms with Crippen LogP contribution in [0.25, 0.3) is 0 Å². The minimum Gasteiger partial charge on any atom is -0.381 e. The third kappa shape index (κ3) is 2.30. The molecule has 0 bridgehead atoms. The number of benzene rings is 1. The fraction of sp³-hybridized carbons (Fsp3) is 0.556. The molecule has 1 saturated carbocycles. The van der Waals surface area contributed by atoms with Crippen molar-refractivity contribution in [1.82, 2.24) is 4.90 Å². The molecule has 3 fully saturated rings. The Hall–Kier alpha value is -2.00. The lowest BCUT2D eigenvalue weighted by Gasteiger charge is -2.59. The molecule has 4 rings (SSSR count). The fourth-order valence-corrected chi connectivity index (χ4v) is 4.33. The highest BCUT2D eigenvalue weighted by Crippen LogP contribution is 2.55. The SMILES string of the molecule is N#Cc1cc(F)c(C(=O)N2CC3(CCOCC3)C2C2CC2)c(F)c1. The molecule has 0 N–H and O–H groups in total. The maximum absolute atomic E-state index is 14.2. The van der Waals surface area contributed by atoms with Crippen molar-refractivity contribution in [3.63, 3.8) is 0 Å². The zero-order chi connectivity index (χ0) is 16.9. The standard InChI is InChI=1S/C18H18F2N2O2/c19-13-7-11(9-21)8-14(20)15(13)17(23)22-10-18(3-5-24-6-4-18)16(22)12-1-2-12/h7-8,12,16H,1-6,10H2. The molecular weight excluding hydrogens is 314 g/mol. The number of carbonyl (C=O) groups excluding carboxylic acids is 1. The van der Waals surface area contributed by atoms with Crippen molar-refractivity contribution in [1.29, 1.82) is 5.26 Å². The van der Waals surface area contributed by atoms with Crippen LogP contribution in [0.4, 0.5) is 8.78 Å². The van der Waals surface area contributed by atoms with Gasteiger partial charge in [0, 0.05) is 31.2 Å². The maximum atomic E-state index is 14.2. The Morgan fingerprint density at radius 2 is 1.88 bits per heavy atom. The van der Waals surface area contributed by atoms with E-state index in [0.717, 1.165) is 37.8 Å². The summed E-state index contributed by atoms with van der Waals surface area (Å²) in [6.45, 7) is 1.91. The Balaban J connectivity index is 1.63. The van der Waals surface area contributed by atoms with Gasteiger partial charge in [-0.25, -0.2) is 8.78 Å². The van der Waals surface area contributed by atoms with Gasteiger partial charge < -0.3 is 9.64 Å². The molecule has 1 spiro atoms. The van der Waals surface area contributed by atoms with Gasteiger partial charge in [-0.3, -0.25) is 4.79 Å². The fourth-order valence-electron chi connectivity index (χ4n) is 4.33. The number of ether oxygens (including phenoxy) is 1. The van der Waals surface area contributed by atoms with Gasteiger partial charge in [-0.1, -0.05) is 0 Å². The number of hydrogen-bond donors (Lipinski definition) is 0. The quantitative estimate of drug-likeness (QED) is 0.837. The highest BCUT2D eigenvalue weighted by Gasteiger charge is 2.59. The van der Waals surface area contributed by atoms with Crippen molar-refractivity contribution in [2.24, 2.45) is 11.3 Å². The number of carbonyl (C=O) groups is 1. The Morgan fingerprint density at radius 1 is 1.25 bits per heavy atom. The van der Waals surface area contributed by atoms with Gasteiger partial charge in [0.05, 0.1) is 11.6 Å². The zero-order valence-electron chi connectivity index (χ0n) is 13.2. The number of hydrogen-bond acceptors (Lipinski definition) is 3. The summed E-state index contributed by atoms with van der Waals surface area (Å²) in [6, 6.07) is 3.60. The smallest absolute Gasteiger partial charge is 0.260 e. The van der Waals surface area contributed by atoms with E-state index in [1.54, 1.807) is 11.0 Å². The summed E-state index contributed by atoms with van der Waals surface area (Å²) in [5.74, 6) is -2.08. The van der Waals surface area contributed by atoms with Gasteiger partial charge >= 0.3 is 0 Å². The van der Waals surface area contributed by atoms with E-state index in [1.165, 1.54) is 0 Å². The van der Waals surface area contributed by atoms with E-state index in [-0.39, 0.29) is 17.0 Å². The Labute approximate surface area is 139 Å². The third-order valence-corrected chi connectivity index (χ3v) is 5.65. The van der Waals surface area contributed by atoms with Crippen molar-refractivity contribution in [2.45, 2.75) is 31.7 Å². The summed E-state index contributed by atoms with van der Waals surface area (Å²) in [5, 5.41) is 8.78. The van der Waals surface area contributed by atoms with Crippen LogP contribution in [-0.2, 0) is 4.74 Å². The lowest BCUT2D eigenvalue weighted by molar-refractivity contribution is -0.120. The first-order valence-electron chi connectivity index (χ1n) is 8.33. The van der Waals surface area contributed by atoms with Crippen molar-refractivity contribution < 1.29 is 18.3 Å². The monoisotopic (exact) mass is 332 g/mol. The molecular formula is C18H18F2N2O2. The second-order valence-corrected chi connectivity index (χ2v) is 7.12. The molecule has 1 aromatic carbocycles. The van der Waals surface area contributed by atoms with Crippen molar-refractivity contribution in [3.8, 4) is 6.07 Å². The van der Waals surface area contributed by atoms with Crippen LogP contribution in [0.5, 0.6) is 0 Å². The number of nitrogens with zero attached hydrogens (tertiary/aromatic N) is 2. The van der Waals surface area contributed by atoms with Gasteiger partial charge in [0.2, 0.25) is 0 Å². The number of amides is 1. The molecule has 2 aliphatic heterocycles. The van der Waals surface area contributed by atoms with Gasteiger partial charge in [0.1, 0.15) is 17.2 Å². The Kier molecular flexibility index (Phi) is 3.57. The van der Waals surface area contributed by atoms with E-state index < -0.39 is 23.1 Å². The maximum Gasteiger partial charge on any atom is 0.260 e. The molecule has 1 aliphatic carbocycles. The average Bonchev–Trinajstić information content (AvgIpc) is 3.37. The molecule has 6 heteroatoms. The Bertz CT molecular complexity index is 710. The molecule has 1 unspecified atom stereocenters. The summed E-state index contributed by atoms with van der Waals surface area (Å²) < 4.78 is 33.8. The summed E-state index contributed by atoms with van der Waals surface area (Å²) in [6.07, 6.45) is 3.93. The second-order valence-electron chi connectivity index (χ2n) is 7.12. The normalized spacial score (nSPS) is 25.2. The van der Waals surface area contributed by atoms with Gasteiger partial charge in [-0.15, -0.1) is 0 Å². The van der Waals surface area contributed by atoms with Crippen LogP contribution in [0, 0.1) is 34.3 Å². The molecule has 126 valence electrons. The summed E-state index contributed by atoms with van der Waals surface area (Å²) in [7, 11) is 0. The lowest BCUT2D eigenvalue weighted by atomic mass is 9.64. The second kappa shape index (κ2) is 5.52. The number of nitriles is 1. The van der Waals surface area contributed by atoms with E-state index in [1.807, 2.05) is 0 Å². The van der Waals surface area contributed by atoms with Crippen LogP contribution in [0.15, 0.2) is 12.1 Å².